The molecule has 0 radical (unpaired) electrons. The highest BCUT2D eigenvalue weighted by atomic mass is 19.4. The van der Waals surface area contributed by atoms with Gasteiger partial charge in [-0.15, -0.1) is 0 Å². The fourth-order valence-electron chi connectivity index (χ4n) is 2.09. The van der Waals surface area contributed by atoms with Gasteiger partial charge in [-0.2, -0.15) is 13.2 Å². The number of hydrogen-bond donors (Lipinski definition) is 3. The van der Waals surface area contributed by atoms with Crippen LogP contribution in [0.15, 0.2) is 24.3 Å². The Morgan fingerprint density at radius 1 is 1.20 bits per heavy atom. The number of carboxylic acids is 1. The second-order valence-corrected chi connectivity index (χ2v) is 5.49. The SMILES string of the molecule is CC[C@H](C)[C@H](NC(=O)CNC(=O)c1ccccc1C(F)(F)F)C(=O)O. The molecule has 1 aromatic rings. The first kappa shape index (κ1) is 20.5. The summed E-state index contributed by atoms with van der Waals surface area (Å²) >= 11 is 0. The Labute approximate surface area is 142 Å². The second kappa shape index (κ2) is 8.50. The summed E-state index contributed by atoms with van der Waals surface area (Å²) in [7, 11) is 0. The van der Waals surface area contributed by atoms with Crippen molar-refractivity contribution in [3.8, 4) is 0 Å². The Hall–Kier alpha value is -2.58. The third-order valence-corrected chi connectivity index (χ3v) is 3.68. The Balaban J connectivity index is 2.74. The predicted molar refractivity (Wildman–Crippen MR) is 82.8 cm³/mol. The minimum Gasteiger partial charge on any atom is -0.480 e. The van der Waals surface area contributed by atoms with E-state index in [0.717, 1.165) is 18.2 Å². The molecule has 0 unspecified atom stereocenters. The predicted octanol–water partition coefficient (Wildman–Crippen LogP) is 2.05. The summed E-state index contributed by atoms with van der Waals surface area (Å²) in [4.78, 5) is 34.8. The van der Waals surface area contributed by atoms with Crippen LogP contribution in [0, 0.1) is 5.92 Å². The van der Waals surface area contributed by atoms with Crippen molar-refractivity contribution in [2.75, 3.05) is 6.54 Å². The number of carbonyl (C=O) groups excluding carboxylic acids is 2. The van der Waals surface area contributed by atoms with E-state index in [1.54, 1.807) is 13.8 Å². The summed E-state index contributed by atoms with van der Waals surface area (Å²) in [5, 5.41) is 13.4. The van der Waals surface area contributed by atoms with Crippen LogP contribution in [0.1, 0.15) is 36.2 Å². The molecule has 25 heavy (non-hydrogen) atoms. The lowest BCUT2D eigenvalue weighted by molar-refractivity contribution is -0.143. The van der Waals surface area contributed by atoms with Crippen molar-refractivity contribution < 1.29 is 32.7 Å². The molecule has 1 rings (SSSR count). The van der Waals surface area contributed by atoms with E-state index in [-0.39, 0.29) is 5.92 Å². The molecule has 0 fully saturated rings. The highest BCUT2D eigenvalue weighted by molar-refractivity contribution is 5.98. The molecule has 2 amide bonds. The Kier molecular flexibility index (Phi) is 6.96. The molecule has 0 spiro atoms. The Bertz CT molecular complexity index is 647. The number of carbonyl (C=O) groups is 3. The molecule has 1 aromatic carbocycles. The number of alkyl halides is 3. The molecule has 0 saturated carbocycles. The van der Waals surface area contributed by atoms with E-state index in [2.05, 4.69) is 10.6 Å². The van der Waals surface area contributed by atoms with Crippen molar-refractivity contribution in [2.45, 2.75) is 32.5 Å². The minimum atomic E-state index is -4.71. The molecule has 138 valence electrons. The third-order valence-electron chi connectivity index (χ3n) is 3.68. The first-order valence-corrected chi connectivity index (χ1v) is 7.54. The number of rotatable bonds is 7. The minimum absolute atomic E-state index is 0.344. The number of aliphatic carboxylic acids is 1. The van der Waals surface area contributed by atoms with Crippen LogP contribution >= 0.6 is 0 Å². The number of halogens is 3. The molecule has 0 aliphatic carbocycles. The van der Waals surface area contributed by atoms with Crippen molar-refractivity contribution in [3.05, 3.63) is 35.4 Å². The number of amides is 2. The van der Waals surface area contributed by atoms with E-state index in [0.29, 0.717) is 6.42 Å². The molecule has 2 atom stereocenters. The van der Waals surface area contributed by atoms with Crippen LogP contribution in [-0.4, -0.2) is 35.5 Å². The van der Waals surface area contributed by atoms with Gasteiger partial charge < -0.3 is 15.7 Å². The largest absolute Gasteiger partial charge is 0.480 e. The average molecular weight is 360 g/mol. The zero-order valence-electron chi connectivity index (χ0n) is 13.7. The molecule has 0 aromatic heterocycles. The van der Waals surface area contributed by atoms with Gasteiger partial charge in [-0.25, -0.2) is 4.79 Å². The van der Waals surface area contributed by atoms with Crippen LogP contribution < -0.4 is 10.6 Å². The zero-order valence-corrected chi connectivity index (χ0v) is 13.7. The molecule has 0 aliphatic rings. The van der Waals surface area contributed by atoms with Crippen LogP contribution in [0.3, 0.4) is 0 Å². The molecule has 0 aliphatic heterocycles. The van der Waals surface area contributed by atoms with Gasteiger partial charge in [0.1, 0.15) is 6.04 Å². The zero-order chi connectivity index (χ0) is 19.2. The van der Waals surface area contributed by atoms with Gasteiger partial charge in [-0.1, -0.05) is 32.4 Å². The molecular formula is C16H19F3N2O4. The highest BCUT2D eigenvalue weighted by Gasteiger charge is 2.35. The van der Waals surface area contributed by atoms with Gasteiger partial charge in [-0.3, -0.25) is 9.59 Å². The first-order chi connectivity index (χ1) is 11.6. The van der Waals surface area contributed by atoms with Crippen molar-refractivity contribution in [3.63, 3.8) is 0 Å². The summed E-state index contributed by atoms with van der Waals surface area (Å²) in [5.74, 6) is -3.44. The van der Waals surface area contributed by atoms with Crippen LogP contribution in [0.4, 0.5) is 13.2 Å². The lowest BCUT2D eigenvalue weighted by atomic mass is 9.99. The van der Waals surface area contributed by atoms with Gasteiger partial charge in [0.25, 0.3) is 5.91 Å². The summed E-state index contributed by atoms with van der Waals surface area (Å²) < 4.78 is 38.6. The number of benzene rings is 1. The number of carboxylic acid groups (broad SMARTS) is 1. The van der Waals surface area contributed by atoms with Gasteiger partial charge in [0, 0.05) is 0 Å². The van der Waals surface area contributed by atoms with Crippen molar-refractivity contribution in [1.29, 1.82) is 0 Å². The van der Waals surface area contributed by atoms with E-state index in [1.165, 1.54) is 6.07 Å². The van der Waals surface area contributed by atoms with Gasteiger partial charge in [0.2, 0.25) is 5.91 Å². The van der Waals surface area contributed by atoms with Crippen molar-refractivity contribution in [2.24, 2.45) is 5.92 Å². The average Bonchev–Trinajstić information content (AvgIpc) is 2.55. The van der Waals surface area contributed by atoms with Crippen LogP contribution in [0.2, 0.25) is 0 Å². The number of hydrogen-bond acceptors (Lipinski definition) is 3. The molecule has 0 bridgehead atoms. The van der Waals surface area contributed by atoms with Gasteiger partial charge in [0.15, 0.2) is 0 Å². The van der Waals surface area contributed by atoms with Crippen molar-refractivity contribution in [1.82, 2.24) is 10.6 Å². The summed E-state index contributed by atoms with van der Waals surface area (Å²) in [6.45, 7) is 2.76. The van der Waals surface area contributed by atoms with E-state index < -0.39 is 47.7 Å². The lowest BCUT2D eigenvalue weighted by Crippen LogP contribution is -2.48. The fraction of sp³-hybridized carbons (Fsp3) is 0.438. The molecule has 0 saturated heterocycles. The molecule has 0 heterocycles. The highest BCUT2D eigenvalue weighted by Crippen LogP contribution is 2.31. The molecule has 3 N–H and O–H groups in total. The second-order valence-electron chi connectivity index (χ2n) is 5.49. The summed E-state index contributed by atoms with van der Waals surface area (Å²) in [5.41, 5.74) is -1.73. The molecular weight excluding hydrogens is 341 g/mol. The molecule has 6 nitrogen and oxygen atoms in total. The van der Waals surface area contributed by atoms with Gasteiger partial charge in [0.05, 0.1) is 17.7 Å². The maximum atomic E-state index is 12.9. The van der Waals surface area contributed by atoms with Gasteiger partial charge in [-0.05, 0) is 18.1 Å². The van der Waals surface area contributed by atoms with Gasteiger partial charge >= 0.3 is 12.1 Å². The maximum absolute atomic E-state index is 12.9. The topological polar surface area (TPSA) is 95.5 Å². The lowest BCUT2D eigenvalue weighted by Gasteiger charge is -2.20. The maximum Gasteiger partial charge on any atom is 0.417 e. The van der Waals surface area contributed by atoms with Crippen molar-refractivity contribution >= 4 is 17.8 Å². The smallest absolute Gasteiger partial charge is 0.417 e. The van der Waals surface area contributed by atoms with E-state index in [1.807, 2.05) is 0 Å². The van der Waals surface area contributed by atoms with Crippen LogP contribution in [0.5, 0.6) is 0 Å². The van der Waals surface area contributed by atoms with Crippen LogP contribution in [-0.2, 0) is 15.8 Å². The van der Waals surface area contributed by atoms with E-state index in [4.69, 9.17) is 5.11 Å². The Morgan fingerprint density at radius 3 is 2.32 bits per heavy atom. The monoisotopic (exact) mass is 360 g/mol. The molecule has 9 heteroatoms. The summed E-state index contributed by atoms with van der Waals surface area (Å²) in [6.07, 6.45) is -4.20. The normalized spacial score (nSPS) is 13.6. The van der Waals surface area contributed by atoms with E-state index >= 15 is 0 Å². The fourth-order valence-corrected chi connectivity index (χ4v) is 2.09. The van der Waals surface area contributed by atoms with Crippen LogP contribution in [0.25, 0.3) is 0 Å². The van der Waals surface area contributed by atoms with E-state index in [9.17, 15) is 27.6 Å². The standard InChI is InChI=1S/C16H19F3N2O4/c1-3-9(2)13(15(24)25)21-12(22)8-20-14(23)10-6-4-5-7-11(10)16(17,18)19/h4-7,9,13H,3,8H2,1-2H3,(H,20,23)(H,21,22)(H,24,25)/t9-,13-/m0/s1. The Morgan fingerprint density at radius 2 is 1.80 bits per heavy atom. The quantitative estimate of drug-likeness (QED) is 0.693. The summed E-state index contributed by atoms with van der Waals surface area (Å²) in [6, 6.07) is 3.04. The number of nitrogens with one attached hydrogen (secondary N) is 2. The third kappa shape index (κ3) is 5.77. The first-order valence-electron chi connectivity index (χ1n) is 7.54.